The SMILES string of the molecule is CCCCCCCCCC/C=C\CCCCCCCCCCCCCCCCCCCC(=O)OCC(COC(=O)CCCCCCCCCCCCCC)OC(=O)CCCCCCCCCCCCCCCCCCC. The Balaban J connectivity index is 4.12. The van der Waals surface area contributed by atoms with Crippen LogP contribution >= 0.6 is 0 Å². The van der Waals surface area contributed by atoms with Crippen molar-refractivity contribution in [2.24, 2.45) is 0 Å². The number of esters is 3. The fourth-order valence-electron chi connectivity index (χ4n) is 10.8. The van der Waals surface area contributed by atoms with Gasteiger partial charge in [0.15, 0.2) is 6.10 Å². The van der Waals surface area contributed by atoms with Gasteiger partial charge in [-0.3, -0.25) is 14.4 Å². The first-order chi connectivity index (χ1) is 37.5. The Hall–Kier alpha value is -1.85. The van der Waals surface area contributed by atoms with Crippen molar-refractivity contribution >= 4 is 17.9 Å². The van der Waals surface area contributed by atoms with Crippen LogP contribution in [0.5, 0.6) is 0 Å². The first kappa shape index (κ1) is 74.2. The van der Waals surface area contributed by atoms with Gasteiger partial charge in [0, 0.05) is 19.3 Å². The zero-order chi connectivity index (χ0) is 55.0. The number of rotatable bonds is 65. The Morgan fingerprint density at radius 3 is 0.658 bits per heavy atom. The molecule has 0 aromatic carbocycles. The molecule has 0 aliphatic heterocycles. The van der Waals surface area contributed by atoms with Gasteiger partial charge in [0.05, 0.1) is 0 Å². The summed E-state index contributed by atoms with van der Waals surface area (Å²) >= 11 is 0. The molecule has 0 saturated carbocycles. The van der Waals surface area contributed by atoms with Gasteiger partial charge in [-0.1, -0.05) is 348 Å². The number of hydrogen-bond donors (Lipinski definition) is 0. The molecule has 6 nitrogen and oxygen atoms in total. The third-order valence-electron chi connectivity index (χ3n) is 16.0. The van der Waals surface area contributed by atoms with E-state index in [1.165, 1.54) is 302 Å². The fraction of sp³-hybridized carbons (Fsp3) is 0.929. The minimum Gasteiger partial charge on any atom is -0.462 e. The molecule has 450 valence electrons. The molecule has 0 N–H and O–H groups in total. The summed E-state index contributed by atoms with van der Waals surface area (Å²) in [7, 11) is 0. The number of ether oxygens (including phenoxy) is 3. The number of carbonyl (C=O) groups is 3. The molecular weight excluding hydrogens is 937 g/mol. The molecule has 0 radical (unpaired) electrons. The minimum absolute atomic E-state index is 0.0623. The van der Waals surface area contributed by atoms with Gasteiger partial charge in [0.1, 0.15) is 13.2 Å². The Morgan fingerprint density at radius 2 is 0.434 bits per heavy atom. The second-order valence-electron chi connectivity index (χ2n) is 23.8. The van der Waals surface area contributed by atoms with E-state index >= 15 is 0 Å². The summed E-state index contributed by atoms with van der Waals surface area (Å²) < 4.78 is 17.0. The van der Waals surface area contributed by atoms with Crippen LogP contribution in [-0.4, -0.2) is 37.2 Å². The average Bonchev–Trinajstić information content (AvgIpc) is 3.42. The minimum atomic E-state index is -0.764. The van der Waals surface area contributed by atoms with Gasteiger partial charge >= 0.3 is 17.9 Å². The van der Waals surface area contributed by atoms with Gasteiger partial charge in [-0.05, 0) is 44.9 Å². The molecule has 0 spiro atoms. The van der Waals surface area contributed by atoms with E-state index in [1.807, 2.05) is 0 Å². The van der Waals surface area contributed by atoms with Crippen molar-refractivity contribution in [1.82, 2.24) is 0 Å². The summed E-state index contributed by atoms with van der Waals surface area (Å²) in [4.78, 5) is 38.3. The van der Waals surface area contributed by atoms with E-state index in [9.17, 15) is 14.4 Å². The molecule has 0 saturated heterocycles. The van der Waals surface area contributed by atoms with Gasteiger partial charge < -0.3 is 14.2 Å². The first-order valence-corrected chi connectivity index (χ1v) is 34.7. The van der Waals surface area contributed by atoms with Crippen molar-refractivity contribution in [2.75, 3.05) is 13.2 Å². The molecular formula is C70H134O6. The molecule has 6 heteroatoms. The maximum absolute atomic E-state index is 12.9. The van der Waals surface area contributed by atoms with Gasteiger partial charge in [-0.25, -0.2) is 0 Å². The lowest BCUT2D eigenvalue weighted by Crippen LogP contribution is -2.30. The van der Waals surface area contributed by atoms with E-state index in [-0.39, 0.29) is 31.1 Å². The summed E-state index contributed by atoms with van der Waals surface area (Å²) in [6, 6.07) is 0. The molecule has 1 unspecified atom stereocenters. The van der Waals surface area contributed by atoms with Crippen molar-refractivity contribution in [2.45, 2.75) is 406 Å². The topological polar surface area (TPSA) is 78.9 Å². The van der Waals surface area contributed by atoms with Gasteiger partial charge in [-0.2, -0.15) is 0 Å². The van der Waals surface area contributed by atoms with Crippen LogP contribution < -0.4 is 0 Å². The summed E-state index contributed by atoms with van der Waals surface area (Å²) in [5, 5.41) is 0. The van der Waals surface area contributed by atoms with Crippen LogP contribution in [-0.2, 0) is 28.6 Å². The van der Waals surface area contributed by atoms with Crippen molar-refractivity contribution < 1.29 is 28.6 Å². The first-order valence-electron chi connectivity index (χ1n) is 34.7. The lowest BCUT2D eigenvalue weighted by Gasteiger charge is -2.18. The highest BCUT2D eigenvalue weighted by atomic mass is 16.6. The molecule has 0 amide bonds. The highest BCUT2D eigenvalue weighted by Gasteiger charge is 2.19. The predicted molar refractivity (Wildman–Crippen MR) is 330 cm³/mol. The van der Waals surface area contributed by atoms with Crippen LogP contribution in [0.15, 0.2) is 12.2 Å². The van der Waals surface area contributed by atoms with Crippen LogP contribution in [0.4, 0.5) is 0 Å². The average molecular weight is 1070 g/mol. The third-order valence-corrected chi connectivity index (χ3v) is 16.0. The summed E-state index contributed by atoms with van der Waals surface area (Å²) in [5.74, 6) is -0.828. The monoisotopic (exact) mass is 1070 g/mol. The van der Waals surface area contributed by atoms with Gasteiger partial charge in [-0.15, -0.1) is 0 Å². The molecule has 0 rings (SSSR count). The van der Waals surface area contributed by atoms with E-state index in [0.717, 1.165) is 57.8 Å². The van der Waals surface area contributed by atoms with E-state index in [0.29, 0.717) is 19.3 Å². The highest BCUT2D eigenvalue weighted by Crippen LogP contribution is 2.19. The lowest BCUT2D eigenvalue weighted by atomic mass is 10.0. The normalized spacial score (nSPS) is 12.0. The second kappa shape index (κ2) is 65.7. The summed E-state index contributed by atoms with van der Waals surface area (Å²) in [6.45, 7) is 6.72. The quantitative estimate of drug-likeness (QED) is 0.0261. The second-order valence-corrected chi connectivity index (χ2v) is 23.8. The number of unbranched alkanes of at least 4 members (excludes halogenated alkanes) is 52. The molecule has 0 aromatic rings. The number of allylic oxidation sites excluding steroid dienone is 2. The van der Waals surface area contributed by atoms with E-state index < -0.39 is 6.10 Å². The van der Waals surface area contributed by atoms with E-state index in [2.05, 4.69) is 32.9 Å². The van der Waals surface area contributed by atoms with Crippen LogP contribution in [0.25, 0.3) is 0 Å². The zero-order valence-electron chi connectivity index (χ0n) is 51.8. The fourth-order valence-corrected chi connectivity index (χ4v) is 10.8. The van der Waals surface area contributed by atoms with Crippen molar-refractivity contribution in [3.8, 4) is 0 Å². The van der Waals surface area contributed by atoms with E-state index in [4.69, 9.17) is 14.2 Å². The van der Waals surface area contributed by atoms with Crippen molar-refractivity contribution in [1.29, 1.82) is 0 Å². The zero-order valence-corrected chi connectivity index (χ0v) is 51.8. The van der Waals surface area contributed by atoms with Gasteiger partial charge in [0.2, 0.25) is 0 Å². The largest absolute Gasteiger partial charge is 0.462 e. The van der Waals surface area contributed by atoms with Crippen LogP contribution in [0.1, 0.15) is 400 Å². The summed E-state index contributed by atoms with van der Waals surface area (Å²) in [5.41, 5.74) is 0. The lowest BCUT2D eigenvalue weighted by molar-refractivity contribution is -0.167. The smallest absolute Gasteiger partial charge is 0.306 e. The maximum atomic E-state index is 12.9. The summed E-state index contributed by atoms with van der Waals surface area (Å²) in [6.07, 6.45) is 78.2. The number of carbonyl (C=O) groups excluding carboxylic acids is 3. The molecule has 0 fully saturated rings. The molecule has 1 atom stereocenters. The Morgan fingerprint density at radius 1 is 0.250 bits per heavy atom. The molecule has 76 heavy (non-hydrogen) atoms. The Bertz CT molecular complexity index is 1180. The third kappa shape index (κ3) is 63.0. The predicted octanol–water partition coefficient (Wildman–Crippen LogP) is 23.6. The van der Waals surface area contributed by atoms with Crippen LogP contribution in [0.3, 0.4) is 0 Å². The standard InChI is InChI=1S/C70H134O6/c1-4-7-10-13-16-19-22-25-27-29-30-31-32-33-34-35-36-37-38-39-40-42-43-45-48-51-54-57-60-63-69(72)75-66-67(65-74-68(71)62-59-56-53-50-47-24-21-18-15-12-9-6-3)76-70(73)64-61-58-55-52-49-46-44-41-28-26-23-20-17-14-11-8-5-2/h29-30,67H,4-28,31-66H2,1-3H3/b30-29-. The molecule has 0 bridgehead atoms. The Labute approximate surface area is 475 Å². The molecule has 0 heterocycles. The van der Waals surface area contributed by atoms with Crippen molar-refractivity contribution in [3.05, 3.63) is 12.2 Å². The van der Waals surface area contributed by atoms with Crippen LogP contribution in [0, 0.1) is 0 Å². The van der Waals surface area contributed by atoms with Crippen molar-refractivity contribution in [3.63, 3.8) is 0 Å². The molecule has 0 aromatic heterocycles. The Kier molecular flexibility index (Phi) is 64.1. The highest BCUT2D eigenvalue weighted by molar-refractivity contribution is 5.71. The number of hydrogen-bond acceptors (Lipinski definition) is 6. The van der Waals surface area contributed by atoms with Crippen LogP contribution in [0.2, 0.25) is 0 Å². The van der Waals surface area contributed by atoms with E-state index in [1.54, 1.807) is 0 Å². The molecule has 0 aliphatic rings. The molecule has 0 aliphatic carbocycles. The van der Waals surface area contributed by atoms with Gasteiger partial charge in [0.25, 0.3) is 0 Å². The maximum Gasteiger partial charge on any atom is 0.306 e.